The normalized spacial score (nSPS) is 15.6. The molecule has 0 unspecified atom stereocenters. The Morgan fingerprint density at radius 3 is 0.976 bits per heavy atom. The second-order valence-corrected chi connectivity index (χ2v) is 9.18. The molecule has 0 amide bonds. The molecule has 0 rings (SSSR count). The van der Waals surface area contributed by atoms with Crippen LogP contribution in [-0.4, -0.2) is 114 Å². The van der Waals surface area contributed by atoms with E-state index >= 15 is 0 Å². The van der Waals surface area contributed by atoms with Gasteiger partial charge in [-0.25, -0.2) is 8.42 Å². The fraction of sp³-hybridized carbons (Fsp3) is 1.00. The molecule has 0 atom stereocenters. The van der Waals surface area contributed by atoms with Crippen LogP contribution in [0.2, 0.25) is 0 Å². The number of aliphatic hydroxyl groups is 3. The van der Waals surface area contributed by atoms with Crippen molar-refractivity contribution in [3.05, 3.63) is 0 Å². The van der Waals surface area contributed by atoms with E-state index in [1.54, 1.807) is 0 Å². The zero-order chi connectivity index (χ0) is 34.1. The van der Waals surface area contributed by atoms with Crippen molar-refractivity contribution < 1.29 is 107 Å². The first kappa shape index (κ1) is 41.6. The lowest BCUT2D eigenvalue weighted by molar-refractivity contribution is -0.466. The summed E-state index contributed by atoms with van der Waals surface area (Å²) >= 11 is 0. The third-order valence-corrected chi connectivity index (χ3v) is 6.58. The van der Waals surface area contributed by atoms with E-state index in [1.165, 1.54) is 0 Å². The lowest BCUT2D eigenvalue weighted by Gasteiger charge is -2.43. The molecular formula is C15H16F19NO5S. The highest BCUT2D eigenvalue weighted by molar-refractivity contribution is 7.90. The van der Waals surface area contributed by atoms with Gasteiger partial charge in [-0.1, -0.05) is 6.92 Å². The van der Waals surface area contributed by atoms with Gasteiger partial charge in [-0.15, -0.1) is 0 Å². The number of likely N-dealkylation sites (N-methyl/N-ethyl adjacent to an activating group) is 1. The number of nitrogens with zero attached hydrogens (tertiary/aromatic N) is 1. The Balaban J connectivity index is 0. The van der Waals surface area contributed by atoms with Gasteiger partial charge in [0, 0.05) is 13.1 Å². The summed E-state index contributed by atoms with van der Waals surface area (Å²) < 4.78 is 274. The van der Waals surface area contributed by atoms with Crippen molar-refractivity contribution >= 4 is 10.0 Å². The molecule has 3 N–H and O–H groups in total. The largest absolute Gasteiger partial charge is 0.460 e. The fourth-order valence-corrected chi connectivity index (χ4v) is 3.67. The van der Waals surface area contributed by atoms with Crippen molar-refractivity contribution in [2.75, 3.05) is 32.9 Å². The van der Waals surface area contributed by atoms with Crippen LogP contribution in [-0.2, 0) is 10.0 Å². The smallest absolute Gasteiger partial charge is 0.395 e. The molecule has 0 saturated carbocycles. The van der Waals surface area contributed by atoms with E-state index in [-0.39, 0.29) is 13.2 Å². The van der Waals surface area contributed by atoms with Gasteiger partial charge in [0.1, 0.15) is 0 Å². The van der Waals surface area contributed by atoms with E-state index in [0.717, 1.165) is 0 Å². The first-order valence-corrected chi connectivity index (χ1v) is 11.0. The van der Waals surface area contributed by atoms with Crippen LogP contribution in [0.3, 0.4) is 0 Å². The topological polar surface area (TPSA) is 98.1 Å². The summed E-state index contributed by atoms with van der Waals surface area (Å²) in [5, 5.41) is 16.0. The SMILES string of the molecule is CCN(CCO)S(=O)(=O)C(F)(F)C(F)(F)C(F)(F)C(F)(F)C(F)(F)C(F)(F)C(F)(F)C(F)(F)C(F)(F)F.OCCO. The first-order chi connectivity index (χ1) is 17.7. The van der Waals surface area contributed by atoms with Crippen molar-refractivity contribution in [1.82, 2.24) is 4.31 Å². The van der Waals surface area contributed by atoms with Gasteiger partial charge in [0.15, 0.2) is 0 Å². The van der Waals surface area contributed by atoms with Gasteiger partial charge in [0.05, 0.1) is 19.8 Å². The summed E-state index contributed by atoms with van der Waals surface area (Å²) in [5.41, 5.74) is 0. The Hall–Kier alpha value is -1.54. The van der Waals surface area contributed by atoms with Crippen LogP contribution in [0.1, 0.15) is 6.92 Å². The zero-order valence-electron chi connectivity index (χ0n) is 19.2. The standard InChI is InChI=1S/C13H10F19NO3S.C2H6O2/c1-2-33(3-4-34)37(35,36)13(31,32)11(26,27)9(22,23)7(18,19)5(14,15)6(16,17)8(20,21)10(24,25)12(28,29)30;3-1-2-4/h34H,2-4H2,1H3;3-4H,1-2H2. The molecule has 0 radical (unpaired) electrons. The molecule has 0 spiro atoms. The number of aliphatic hydroxyl groups excluding tert-OH is 3. The Kier molecular flexibility index (Phi) is 12.4. The van der Waals surface area contributed by atoms with Gasteiger partial charge in [-0.3, -0.25) is 0 Å². The van der Waals surface area contributed by atoms with Crippen molar-refractivity contribution in [3.8, 4) is 0 Å². The minimum absolute atomic E-state index is 0.125. The number of hydrogen-bond acceptors (Lipinski definition) is 5. The lowest BCUT2D eigenvalue weighted by atomic mass is 9.89. The van der Waals surface area contributed by atoms with Gasteiger partial charge in [-0.2, -0.15) is 87.7 Å². The maximum absolute atomic E-state index is 13.9. The number of sulfonamides is 1. The summed E-state index contributed by atoms with van der Waals surface area (Å²) in [7, 11) is -7.44. The number of halogens is 19. The maximum Gasteiger partial charge on any atom is 0.460 e. The van der Waals surface area contributed by atoms with Crippen LogP contribution in [0, 0.1) is 0 Å². The molecule has 0 aromatic carbocycles. The van der Waals surface area contributed by atoms with E-state index in [1.807, 2.05) is 0 Å². The Labute approximate surface area is 215 Å². The molecule has 0 aliphatic rings. The molecular weight excluding hydrogens is 667 g/mol. The minimum Gasteiger partial charge on any atom is -0.395 e. The van der Waals surface area contributed by atoms with E-state index in [9.17, 15) is 91.8 Å². The molecule has 0 aliphatic carbocycles. The van der Waals surface area contributed by atoms with Gasteiger partial charge >= 0.3 is 52.9 Å². The van der Waals surface area contributed by atoms with Crippen LogP contribution in [0.5, 0.6) is 0 Å². The van der Waals surface area contributed by atoms with Gasteiger partial charge in [0.2, 0.25) is 0 Å². The van der Waals surface area contributed by atoms with Crippen molar-refractivity contribution in [1.29, 1.82) is 0 Å². The fourth-order valence-electron chi connectivity index (χ4n) is 2.23. The quantitative estimate of drug-likeness (QED) is 0.253. The highest BCUT2D eigenvalue weighted by Gasteiger charge is 2.97. The van der Waals surface area contributed by atoms with Gasteiger partial charge < -0.3 is 15.3 Å². The van der Waals surface area contributed by atoms with Crippen LogP contribution >= 0.6 is 0 Å². The van der Waals surface area contributed by atoms with Gasteiger partial charge in [-0.05, 0) is 0 Å². The van der Waals surface area contributed by atoms with E-state index < -0.39 is 86.9 Å². The minimum atomic E-state index is -9.14. The Morgan fingerprint density at radius 2 is 0.756 bits per heavy atom. The second-order valence-electron chi connectivity index (χ2n) is 7.20. The molecule has 0 heterocycles. The molecule has 26 heteroatoms. The first-order valence-electron chi connectivity index (χ1n) is 9.60. The molecule has 250 valence electrons. The third kappa shape index (κ3) is 6.11. The predicted octanol–water partition coefficient (Wildman–Crippen LogP) is 4.20. The number of hydrogen-bond donors (Lipinski definition) is 3. The van der Waals surface area contributed by atoms with Crippen LogP contribution < -0.4 is 0 Å². The lowest BCUT2D eigenvalue weighted by Crippen LogP contribution is -2.76. The molecule has 0 aromatic rings. The van der Waals surface area contributed by atoms with Crippen LogP contribution in [0.15, 0.2) is 0 Å². The summed E-state index contributed by atoms with van der Waals surface area (Å²) in [6.07, 6.45) is -7.99. The second kappa shape index (κ2) is 12.2. The molecule has 6 nitrogen and oxygen atoms in total. The molecule has 0 bridgehead atoms. The summed E-state index contributed by atoms with van der Waals surface area (Å²) in [4.78, 5) is 0. The van der Waals surface area contributed by atoms with E-state index in [4.69, 9.17) is 15.3 Å². The van der Waals surface area contributed by atoms with Crippen molar-refractivity contribution in [3.63, 3.8) is 0 Å². The Bertz CT molecular complexity index is 964. The highest BCUT2D eigenvalue weighted by atomic mass is 32.2. The maximum atomic E-state index is 13.9. The molecule has 0 fully saturated rings. The molecule has 0 saturated heterocycles. The zero-order valence-corrected chi connectivity index (χ0v) is 20.0. The van der Waals surface area contributed by atoms with Crippen molar-refractivity contribution in [2.24, 2.45) is 0 Å². The van der Waals surface area contributed by atoms with Crippen LogP contribution in [0.25, 0.3) is 0 Å². The number of alkyl halides is 19. The third-order valence-electron chi connectivity index (χ3n) is 4.55. The van der Waals surface area contributed by atoms with Gasteiger partial charge in [0.25, 0.3) is 10.0 Å². The van der Waals surface area contributed by atoms with Crippen LogP contribution in [0.4, 0.5) is 83.4 Å². The van der Waals surface area contributed by atoms with E-state index in [0.29, 0.717) is 6.92 Å². The average molecular weight is 683 g/mol. The summed E-state index contributed by atoms with van der Waals surface area (Å²) in [6, 6.07) is 0. The molecule has 41 heavy (non-hydrogen) atoms. The average Bonchev–Trinajstić information content (AvgIpc) is 2.80. The predicted molar refractivity (Wildman–Crippen MR) is 93.1 cm³/mol. The number of rotatable bonds is 13. The molecule has 0 aromatic heterocycles. The highest BCUT2D eigenvalue weighted by Crippen LogP contribution is 2.65. The monoisotopic (exact) mass is 683 g/mol. The summed E-state index contributed by atoms with van der Waals surface area (Å²) in [5.74, 6) is -61.9. The molecule has 0 aliphatic heterocycles. The summed E-state index contributed by atoms with van der Waals surface area (Å²) in [6.45, 7) is -4.48. The Morgan fingerprint density at radius 1 is 0.488 bits per heavy atom. The van der Waals surface area contributed by atoms with Crippen molar-refractivity contribution in [2.45, 2.75) is 59.8 Å². The van der Waals surface area contributed by atoms with E-state index in [2.05, 4.69) is 0 Å².